The van der Waals surface area contributed by atoms with Gasteiger partial charge in [-0.25, -0.2) is 0 Å². The normalized spacial score (nSPS) is 16.0. The SMILES string of the molecule is CC(C)CNC(=O)C(C)NC(C)C(C)(C)O. The van der Waals surface area contributed by atoms with Crippen molar-refractivity contribution >= 4 is 5.91 Å². The van der Waals surface area contributed by atoms with Gasteiger partial charge in [-0.3, -0.25) is 4.79 Å². The van der Waals surface area contributed by atoms with Crippen LogP contribution in [0.25, 0.3) is 0 Å². The lowest BCUT2D eigenvalue weighted by molar-refractivity contribution is -0.123. The van der Waals surface area contributed by atoms with Crippen molar-refractivity contribution in [3.63, 3.8) is 0 Å². The van der Waals surface area contributed by atoms with E-state index in [0.717, 1.165) is 0 Å². The minimum atomic E-state index is -0.827. The van der Waals surface area contributed by atoms with Crippen molar-refractivity contribution in [2.24, 2.45) is 5.92 Å². The van der Waals surface area contributed by atoms with Gasteiger partial charge >= 0.3 is 0 Å². The van der Waals surface area contributed by atoms with Gasteiger partial charge in [0.2, 0.25) is 5.91 Å². The van der Waals surface area contributed by atoms with E-state index in [1.54, 1.807) is 20.8 Å². The molecule has 0 aromatic carbocycles. The van der Waals surface area contributed by atoms with E-state index in [0.29, 0.717) is 12.5 Å². The first-order chi connectivity index (χ1) is 7.14. The van der Waals surface area contributed by atoms with Gasteiger partial charge in [0.25, 0.3) is 0 Å². The number of amides is 1. The topological polar surface area (TPSA) is 61.4 Å². The predicted octanol–water partition coefficient (Wildman–Crippen LogP) is 0.896. The molecule has 0 spiro atoms. The molecule has 1 amide bonds. The lowest BCUT2D eigenvalue weighted by Gasteiger charge is -2.29. The van der Waals surface area contributed by atoms with Crippen LogP contribution in [-0.2, 0) is 4.79 Å². The van der Waals surface area contributed by atoms with Crippen LogP contribution in [0.15, 0.2) is 0 Å². The number of nitrogens with one attached hydrogen (secondary N) is 2. The summed E-state index contributed by atoms with van der Waals surface area (Å²) < 4.78 is 0. The fourth-order valence-electron chi connectivity index (χ4n) is 1.11. The summed E-state index contributed by atoms with van der Waals surface area (Å²) in [6, 6.07) is -0.424. The molecule has 2 unspecified atom stereocenters. The van der Waals surface area contributed by atoms with E-state index >= 15 is 0 Å². The molecule has 0 aliphatic heterocycles. The first kappa shape index (κ1) is 15.4. The summed E-state index contributed by atoms with van der Waals surface area (Å²) in [7, 11) is 0. The molecule has 0 radical (unpaired) electrons. The molecule has 4 nitrogen and oxygen atoms in total. The van der Waals surface area contributed by atoms with E-state index < -0.39 is 5.60 Å². The lowest BCUT2D eigenvalue weighted by atomic mass is 10.00. The number of hydrogen-bond acceptors (Lipinski definition) is 3. The van der Waals surface area contributed by atoms with Crippen LogP contribution in [-0.4, -0.2) is 35.2 Å². The van der Waals surface area contributed by atoms with Crippen molar-refractivity contribution in [3.05, 3.63) is 0 Å². The first-order valence-corrected chi connectivity index (χ1v) is 5.90. The van der Waals surface area contributed by atoms with Crippen molar-refractivity contribution < 1.29 is 9.90 Å². The highest BCUT2D eigenvalue weighted by Gasteiger charge is 2.25. The second-order valence-electron chi connectivity index (χ2n) is 5.40. The van der Waals surface area contributed by atoms with Gasteiger partial charge in [-0.1, -0.05) is 13.8 Å². The van der Waals surface area contributed by atoms with Gasteiger partial charge in [0.15, 0.2) is 0 Å². The van der Waals surface area contributed by atoms with Gasteiger partial charge in [-0.15, -0.1) is 0 Å². The Hall–Kier alpha value is -0.610. The molecule has 0 aromatic rings. The van der Waals surface area contributed by atoms with Crippen LogP contribution in [0.4, 0.5) is 0 Å². The molecule has 16 heavy (non-hydrogen) atoms. The number of carbonyl (C=O) groups excluding carboxylic acids is 1. The summed E-state index contributed by atoms with van der Waals surface area (Å²) in [5, 5.41) is 15.7. The zero-order valence-corrected chi connectivity index (χ0v) is 11.3. The quantitative estimate of drug-likeness (QED) is 0.635. The smallest absolute Gasteiger partial charge is 0.236 e. The maximum atomic E-state index is 11.7. The van der Waals surface area contributed by atoms with E-state index in [1.165, 1.54) is 0 Å². The van der Waals surface area contributed by atoms with Crippen molar-refractivity contribution in [2.75, 3.05) is 6.54 Å². The molecular formula is C12H26N2O2. The Kier molecular flexibility index (Phi) is 5.97. The highest BCUT2D eigenvalue weighted by molar-refractivity contribution is 5.81. The summed E-state index contributed by atoms with van der Waals surface area (Å²) in [6.07, 6.45) is 0. The Morgan fingerprint density at radius 1 is 1.25 bits per heavy atom. The van der Waals surface area contributed by atoms with E-state index in [2.05, 4.69) is 24.5 Å². The summed E-state index contributed by atoms with van der Waals surface area (Å²) in [5.41, 5.74) is -0.827. The number of carbonyl (C=O) groups is 1. The lowest BCUT2D eigenvalue weighted by Crippen LogP contribution is -2.53. The van der Waals surface area contributed by atoms with E-state index in [9.17, 15) is 9.90 Å². The molecular weight excluding hydrogens is 204 g/mol. The molecule has 96 valence electrons. The van der Waals surface area contributed by atoms with Crippen LogP contribution < -0.4 is 10.6 Å². The van der Waals surface area contributed by atoms with Crippen LogP contribution in [0.2, 0.25) is 0 Å². The average Bonchev–Trinajstić information content (AvgIpc) is 2.12. The maximum Gasteiger partial charge on any atom is 0.236 e. The molecule has 0 saturated carbocycles. The third kappa shape index (κ3) is 6.08. The molecule has 0 aliphatic rings. The van der Waals surface area contributed by atoms with Crippen molar-refractivity contribution in [2.45, 2.75) is 59.2 Å². The average molecular weight is 230 g/mol. The van der Waals surface area contributed by atoms with Crippen LogP contribution in [0.1, 0.15) is 41.5 Å². The second-order valence-corrected chi connectivity index (χ2v) is 5.40. The molecule has 2 atom stereocenters. The van der Waals surface area contributed by atoms with Gasteiger partial charge < -0.3 is 15.7 Å². The van der Waals surface area contributed by atoms with Gasteiger partial charge in [0.1, 0.15) is 0 Å². The first-order valence-electron chi connectivity index (χ1n) is 5.90. The number of hydrogen-bond donors (Lipinski definition) is 3. The fraction of sp³-hybridized carbons (Fsp3) is 0.917. The van der Waals surface area contributed by atoms with Crippen molar-refractivity contribution in [1.82, 2.24) is 10.6 Å². The molecule has 0 aliphatic carbocycles. The highest BCUT2D eigenvalue weighted by Crippen LogP contribution is 2.08. The minimum Gasteiger partial charge on any atom is -0.389 e. The molecule has 0 heterocycles. The Bertz CT molecular complexity index is 222. The van der Waals surface area contributed by atoms with Gasteiger partial charge in [-0.05, 0) is 33.6 Å². The third-order valence-corrected chi connectivity index (χ3v) is 2.64. The third-order valence-electron chi connectivity index (χ3n) is 2.64. The van der Waals surface area contributed by atoms with E-state index in [-0.39, 0.29) is 18.0 Å². The summed E-state index contributed by atoms with van der Waals surface area (Å²) >= 11 is 0. The zero-order chi connectivity index (χ0) is 12.9. The van der Waals surface area contributed by atoms with E-state index in [1.807, 2.05) is 6.92 Å². The molecule has 4 heteroatoms. The summed E-state index contributed by atoms with van der Waals surface area (Å²) in [4.78, 5) is 11.7. The number of aliphatic hydroxyl groups is 1. The predicted molar refractivity (Wildman–Crippen MR) is 66.2 cm³/mol. The maximum absolute atomic E-state index is 11.7. The van der Waals surface area contributed by atoms with Crippen LogP contribution in [0.3, 0.4) is 0 Å². The Labute approximate surface area is 98.8 Å². The van der Waals surface area contributed by atoms with Crippen LogP contribution in [0, 0.1) is 5.92 Å². The second kappa shape index (κ2) is 6.21. The standard InChI is InChI=1S/C12H26N2O2/c1-8(2)7-13-11(15)9(3)14-10(4)12(5,6)16/h8-10,14,16H,7H2,1-6H3,(H,13,15). The largest absolute Gasteiger partial charge is 0.389 e. The van der Waals surface area contributed by atoms with Crippen LogP contribution >= 0.6 is 0 Å². The Morgan fingerprint density at radius 3 is 2.12 bits per heavy atom. The van der Waals surface area contributed by atoms with Crippen molar-refractivity contribution in [1.29, 1.82) is 0 Å². The molecule has 3 N–H and O–H groups in total. The van der Waals surface area contributed by atoms with Gasteiger partial charge in [0.05, 0.1) is 11.6 Å². The molecule has 0 fully saturated rings. The monoisotopic (exact) mass is 230 g/mol. The Balaban J connectivity index is 4.06. The van der Waals surface area contributed by atoms with E-state index in [4.69, 9.17) is 0 Å². The summed E-state index contributed by atoms with van der Waals surface area (Å²) in [5.74, 6) is 0.424. The fourth-order valence-corrected chi connectivity index (χ4v) is 1.11. The molecule has 0 bridgehead atoms. The minimum absolute atomic E-state index is 0.0233. The Morgan fingerprint density at radius 2 is 1.75 bits per heavy atom. The van der Waals surface area contributed by atoms with Crippen LogP contribution in [0.5, 0.6) is 0 Å². The highest BCUT2D eigenvalue weighted by atomic mass is 16.3. The summed E-state index contributed by atoms with van der Waals surface area (Å²) in [6.45, 7) is 11.9. The number of rotatable bonds is 6. The molecule has 0 saturated heterocycles. The molecule has 0 rings (SSSR count). The van der Waals surface area contributed by atoms with Gasteiger partial charge in [-0.2, -0.15) is 0 Å². The van der Waals surface area contributed by atoms with Crippen molar-refractivity contribution in [3.8, 4) is 0 Å². The zero-order valence-electron chi connectivity index (χ0n) is 11.3. The molecule has 0 aromatic heterocycles. The van der Waals surface area contributed by atoms with Gasteiger partial charge in [0, 0.05) is 12.6 Å².